The zero-order valence-electron chi connectivity index (χ0n) is 16.0. The number of ether oxygens (including phenoxy) is 3. The van der Waals surface area contributed by atoms with Gasteiger partial charge < -0.3 is 19.3 Å². The summed E-state index contributed by atoms with van der Waals surface area (Å²) in [4.78, 5) is 11.2. The van der Waals surface area contributed by atoms with Gasteiger partial charge in [-0.1, -0.05) is 44.7 Å². The Bertz CT molecular complexity index is 532. The zero-order chi connectivity index (χ0) is 18.8. The van der Waals surface area contributed by atoms with Crippen LogP contribution >= 0.6 is 0 Å². The van der Waals surface area contributed by atoms with Crippen LogP contribution in [0.1, 0.15) is 70.3 Å². The van der Waals surface area contributed by atoms with Gasteiger partial charge in [-0.3, -0.25) is 0 Å². The monoisotopic (exact) mass is 364 g/mol. The second kappa shape index (κ2) is 10.4. The maximum atomic E-state index is 11.2. The highest BCUT2D eigenvalue weighted by Crippen LogP contribution is 2.38. The third kappa shape index (κ3) is 6.20. The lowest BCUT2D eigenvalue weighted by molar-refractivity contribution is -0.0508. The van der Waals surface area contributed by atoms with E-state index in [1.807, 2.05) is 24.3 Å². The third-order valence-corrected chi connectivity index (χ3v) is 5.10. The molecule has 0 radical (unpaired) electrons. The van der Waals surface area contributed by atoms with Crippen molar-refractivity contribution in [2.75, 3.05) is 13.7 Å². The highest BCUT2D eigenvalue weighted by atomic mass is 16.7. The highest BCUT2D eigenvalue weighted by molar-refractivity contribution is 5.59. The van der Waals surface area contributed by atoms with Gasteiger partial charge in [0.2, 0.25) is 0 Å². The van der Waals surface area contributed by atoms with Gasteiger partial charge in [-0.15, -0.1) is 0 Å². The first-order valence-electron chi connectivity index (χ1n) is 9.77. The Kier molecular flexibility index (Phi) is 8.23. The van der Waals surface area contributed by atoms with Crippen molar-refractivity contribution in [1.82, 2.24) is 0 Å². The molecular weight excluding hydrogens is 332 g/mol. The molecular formula is C21H32O5. The fourth-order valence-electron chi connectivity index (χ4n) is 3.42. The van der Waals surface area contributed by atoms with Gasteiger partial charge in [0, 0.05) is 0 Å². The summed E-state index contributed by atoms with van der Waals surface area (Å²) < 4.78 is 15.5. The number of methoxy groups -OCH3 is 1. The van der Waals surface area contributed by atoms with Crippen LogP contribution in [0.25, 0.3) is 0 Å². The minimum atomic E-state index is -0.866. The Morgan fingerprint density at radius 2 is 1.77 bits per heavy atom. The Morgan fingerprint density at radius 3 is 2.38 bits per heavy atom. The third-order valence-electron chi connectivity index (χ3n) is 5.10. The van der Waals surface area contributed by atoms with Gasteiger partial charge in [0.1, 0.15) is 11.9 Å². The van der Waals surface area contributed by atoms with Gasteiger partial charge in [0.05, 0.1) is 19.3 Å². The number of aliphatic hydroxyl groups is 1. The van der Waals surface area contributed by atoms with Crippen LogP contribution in [0, 0.1) is 0 Å². The fraction of sp³-hybridized carbons (Fsp3) is 0.667. The number of carbonyl (C=O) groups excluding carboxylic acids is 1. The van der Waals surface area contributed by atoms with Crippen molar-refractivity contribution < 1.29 is 24.1 Å². The zero-order valence-corrected chi connectivity index (χ0v) is 16.0. The summed E-state index contributed by atoms with van der Waals surface area (Å²) in [7, 11) is 1.30. The molecule has 146 valence electrons. The predicted octanol–water partition coefficient (Wildman–Crippen LogP) is 4.95. The molecule has 1 aliphatic rings. The molecule has 0 aliphatic heterocycles. The average molecular weight is 364 g/mol. The Balaban J connectivity index is 1.77. The quantitative estimate of drug-likeness (QED) is 0.496. The molecule has 26 heavy (non-hydrogen) atoms. The number of unbranched alkanes of at least 4 members (excludes halogenated alkanes) is 4. The van der Waals surface area contributed by atoms with Crippen molar-refractivity contribution in [3.05, 3.63) is 29.8 Å². The molecule has 5 heteroatoms. The van der Waals surface area contributed by atoms with E-state index in [2.05, 4.69) is 11.7 Å². The highest BCUT2D eigenvalue weighted by Gasteiger charge is 2.36. The van der Waals surface area contributed by atoms with E-state index in [-0.39, 0.29) is 6.10 Å². The van der Waals surface area contributed by atoms with E-state index in [1.165, 1.54) is 32.8 Å². The van der Waals surface area contributed by atoms with E-state index in [1.54, 1.807) is 0 Å². The van der Waals surface area contributed by atoms with E-state index in [0.29, 0.717) is 25.7 Å². The van der Waals surface area contributed by atoms with Crippen molar-refractivity contribution in [2.24, 2.45) is 0 Å². The fourth-order valence-corrected chi connectivity index (χ4v) is 3.42. The molecule has 1 aliphatic carbocycles. The average Bonchev–Trinajstić information content (AvgIpc) is 2.67. The number of hydrogen-bond acceptors (Lipinski definition) is 5. The van der Waals surface area contributed by atoms with E-state index in [4.69, 9.17) is 9.47 Å². The van der Waals surface area contributed by atoms with Gasteiger partial charge in [-0.05, 0) is 49.8 Å². The topological polar surface area (TPSA) is 65.0 Å². The summed E-state index contributed by atoms with van der Waals surface area (Å²) in [6.07, 6.45) is 7.64. The van der Waals surface area contributed by atoms with E-state index in [0.717, 1.165) is 24.3 Å². The molecule has 1 aromatic rings. The number of rotatable bonds is 9. The van der Waals surface area contributed by atoms with E-state index in [9.17, 15) is 9.90 Å². The smallest absolute Gasteiger partial charge is 0.494 e. The summed E-state index contributed by atoms with van der Waals surface area (Å²) in [5.41, 5.74) is 0.0265. The molecule has 0 atom stereocenters. The Hall–Kier alpha value is -1.75. The second-order valence-electron chi connectivity index (χ2n) is 7.09. The first-order valence-corrected chi connectivity index (χ1v) is 9.77. The van der Waals surface area contributed by atoms with Crippen LogP contribution in [0.4, 0.5) is 4.79 Å². The minimum absolute atomic E-state index is 0.182. The lowest BCUT2D eigenvalue weighted by atomic mass is 9.78. The van der Waals surface area contributed by atoms with Crippen molar-refractivity contribution in [2.45, 2.75) is 76.4 Å². The van der Waals surface area contributed by atoms with Gasteiger partial charge in [-0.25, -0.2) is 4.79 Å². The van der Waals surface area contributed by atoms with Crippen LogP contribution in [0.3, 0.4) is 0 Å². The molecule has 5 nitrogen and oxygen atoms in total. The lowest BCUT2D eigenvalue weighted by Crippen LogP contribution is -2.35. The van der Waals surface area contributed by atoms with Crippen molar-refractivity contribution in [1.29, 1.82) is 0 Å². The molecule has 2 rings (SSSR count). The first-order chi connectivity index (χ1) is 12.6. The minimum Gasteiger partial charge on any atom is -0.494 e. The molecule has 0 unspecified atom stereocenters. The Labute approximate surface area is 156 Å². The SMILES string of the molecule is CCCCCCCOc1ccc(C2(O)CCC(OC(=O)OC)CC2)cc1. The van der Waals surface area contributed by atoms with Crippen molar-refractivity contribution >= 4 is 6.16 Å². The molecule has 1 fully saturated rings. The van der Waals surface area contributed by atoms with Crippen LogP contribution in [-0.2, 0) is 15.1 Å². The lowest BCUT2D eigenvalue weighted by Gasteiger charge is -2.35. The van der Waals surface area contributed by atoms with Crippen LogP contribution < -0.4 is 4.74 Å². The number of carbonyl (C=O) groups is 1. The summed E-state index contributed by atoms with van der Waals surface area (Å²) in [5, 5.41) is 10.9. The summed E-state index contributed by atoms with van der Waals surface area (Å²) >= 11 is 0. The molecule has 1 aromatic carbocycles. The Morgan fingerprint density at radius 1 is 1.12 bits per heavy atom. The standard InChI is InChI=1S/C21H32O5/c1-3-4-5-6-7-16-25-18-10-8-17(9-11-18)21(23)14-12-19(13-15-21)26-20(22)24-2/h8-11,19,23H,3-7,12-16H2,1-2H3. The van der Waals surface area contributed by atoms with Gasteiger partial charge in [0.15, 0.2) is 0 Å². The van der Waals surface area contributed by atoms with Crippen molar-refractivity contribution in [3.8, 4) is 5.75 Å². The summed E-state index contributed by atoms with van der Waals surface area (Å²) in [5.74, 6) is 0.843. The van der Waals surface area contributed by atoms with Crippen LogP contribution in [0.2, 0.25) is 0 Å². The van der Waals surface area contributed by atoms with Gasteiger partial charge in [0.25, 0.3) is 0 Å². The molecule has 0 bridgehead atoms. The molecule has 1 saturated carbocycles. The normalized spacial score (nSPS) is 22.7. The molecule has 0 aromatic heterocycles. The van der Waals surface area contributed by atoms with Gasteiger partial charge >= 0.3 is 6.16 Å². The largest absolute Gasteiger partial charge is 0.508 e. The number of hydrogen-bond donors (Lipinski definition) is 1. The maximum absolute atomic E-state index is 11.2. The molecule has 0 spiro atoms. The van der Waals surface area contributed by atoms with E-state index >= 15 is 0 Å². The van der Waals surface area contributed by atoms with Gasteiger partial charge in [-0.2, -0.15) is 0 Å². The molecule has 0 heterocycles. The molecule has 0 saturated heterocycles. The maximum Gasteiger partial charge on any atom is 0.508 e. The van der Waals surface area contributed by atoms with E-state index < -0.39 is 11.8 Å². The summed E-state index contributed by atoms with van der Waals surface area (Å²) in [6, 6.07) is 7.73. The van der Waals surface area contributed by atoms with Crippen molar-refractivity contribution in [3.63, 3.8) is 0 Å². The molecule has 0 amide bonds. The predicted molar refractivity (Wildman–Crippen MR) is 100 cm³/mol. The van der Waals surface area contributed by atoms with Crippen LogP contribution in [0.5, 0.6) is 5.75 Å². The first kappa shape index (κ1) is 20.6. The second-order valence-corrected chi connectivity index (χ2v) is 7.09. The van der Waals surface area contributed by atoms with Crippen LogP contribution in [-0.4, -0.2) is 31.1 Å². The number of benzene rings is 1. The van der Waals surface area contributed by atoms with Crippen LogP contribution in [0.15, 0.2) is 24.3 Å². The molecule has 1 N–H and O–H groups in total. The summed E-state index contributed by atoms with van der Waals surface area (Å²) in [6.45, 7) is 2.95.